The molecule has 1 heterocycles. The van der Waals surface area contributed by atoms with Gasteiger partial charge in [0.2, 0.25) is 17.6 Å². The number of likely N-dealkylation sites (tertiary alicyclic amines) is 1. The van der Waals surface area contributed by atoms with E-state index in [9.17, 15) is 28.8 Å². The van der Waals surface area contributed by atoms with E-state index in [1.165, 1.54) is 11.0 Å². The van der Waals surface area contributed by atoms with Crippen LogP contribution in [0.25, 0.3) is 0 Å². The molecule has 0 saturated carbocycles. The summed E-state index contributed by atoms with van der Waals surface area (Å²) in [5, 5.41) is 10.8. The highest BCUT2D eigenvalue weighted by atomic mass is 16.5. The minimum absolute atomic E-state index is 0.0691. The van der Waals surface area contributed by atoms with Crippen LogP contribution in [0.4, 0.5) is 4.79 Å². The molecule has 0 aromatic rings. The van der Waals surface area contributed by atoms with E-state index in [4.69, 9.17) is 4.74 Å². The number of ketones is 1. The van der Waals surface area contributed by atoms with Crippen molar-refractivity contribution in [1.82, 2.24) is 26.2 Å². The summed E-state index contributed by atoms with van der Waals surface area (Å²) in [5.41, 5.74) is -2.92. The van der Waals surface area contributed by atoms with Crippen LogP contribution >= 0.6 is 0 Å². The Kier molecular flexibility index (Phi) is 16.0. The first-order chi connectivity index (χ1) is 21.8. The maximum Gasteiger partial charge on any atom is 0.316 e. The van der Waals surface area contributed by atoms with Crippen molar-refractivity contribution in [3.05, 3.63) is 25.3 Å². The zero-order chi connectivity index (χ0) is 36.2. The Bertz CT molecular complexity index is 1140. The van der Waals surface area contributed by atoms with Crippen LogP contribution in [0.3, 0.4) is 0 Å². The van der Waals surface area contributed by atoms with Gasteiger partial charge in [0.1, 0.15) is 23.9 Å². The number of allylic oxidation sites excluding steroid dienone is 1. The Labute approximate surface area is 281 Å². The van der Waals surface area contributed by atoms with Crippen LogP contribution in [0.15, 0.2) is 25.3 Å². The topological polar surface area (TPSA) is 163 Å². The number of urea groups is 1. The van der Waals surface area contributed by atoms with Crippen LogP contribution in [0.2, 0.25) is 0 Å². The largest absolute Gasteiger partial charge is 0.376 e. The number of nitrogens with one attached hydrogen (secondary N) is 4. The lowest BCUT2D eigenvalue weighted by Crippen LogP contribution is -2.66. The average molecular weight is 662 g/mol. The van der Waals surface area contributed by atoms with Gasteiger partial charge in [-0.05, 0) is 49.9 Å². The minimum Gasteiger partial charge on any atom is -0.376 e. The van der Waals surface area contributed by atoms with Crippen LogP contribution in [0.5, 0.6) is 0 Å². The van der Waals surface area contributed by atoms with Gasteiger partial charge in [-0.1, -0.05) is 73.5 Å². The van der Waals surface area contributed by atoms with Crippen LogP contribution < -0.4 is 21.3 Å². The number of aldehydes is 1. The van der Waals surface area contributed by atoms with Gasteiger partial charge in [0.25, 0.3) is 5.91 Å². The van der Waals surface area contributed by atoms with Gasteiger partial charge in [-0.25, -0.2) is 4.79 Å². The first-order valence-electron chi connectivity index (χ1n) is 16.6. The van der Waals surface area contributed by atoms with E-state index in [0.717, 1.165) is 6.42 Å². The van der Waals surface area contributed by atoms with Gasteiger partial charge in [-0.3, -0.25) is 19.2 Å². The van der Waals surface area contributed by atoms with Gasteiger partial charge < -0.3 is 35.7 Å². The molecule has 0 aromatic heterocycles. The van der Waals surface area contributed by atoms with E-state index in [1.54, 1.807) is 26.8 Å². The van der Waals surface area contributed by atoms with Gasteiger partial charge >= 0.3 is 6.03 Å². The van der Waals surface area contributed by atoms with E-state index in [0.29, 0.717) is 25.5 Å². The van der Waals surface area contributed by atoms with Gasteiger partial charge in [-0.2, -0.15) is 0 Å². The number of amides is 5. The van der Waals surface area contributed by atoms with E-state index in [2.05, 4.69) is 34.4 Å². The second-order valence-corrected chi connectivity index (χ2v) is 14.8. The minimum atomic E-state index is -1.39. The lowest BCUT2D eigenvalue weighted by atomic mass is 9.75. The lowest BCUT2D eigenvalue weighted by Gasteiger charge is -2.42. The first-order valence-corrected chi connectivity index (χ1v) is 16.6. The van der Waals surface area contributed by atoms with E-state index in [1.807, 2.05) is 41.5 Å². The number of hydrogen-bond acceptors (Lipinski definition) is 7. The highest BCUT2D eigenvalue weighted by Gasteiger charge is 2.48. The third-order valence-corrected chi connectivity index (χ3v) is 8.49. The molecule has 47 heavy (non-hydrogen) atoms. The number of ether oxygens (including phenoxy) is 1. The molecule has 12 heteroatoms. The van der Waals surface area contributed by atoms with Crippen molar-refractivity contribution in [2.45, 2.75) is 124 Å². The van der Waals surface area contributed by atoms with Crippen molar-refractivity contribution < 1.29 is 33.5 Å². The smallest absolute Gasteiger partial charge is 0.316 e. The van der Waals surface area contributed by atoms with Crippen molar-refractivity contribution in [3.63, 3.8) is 0 Å². The fraction of sp³-hybridized carbons (Fsp3) is 0.714. The molecule has 0 bridgehead atoms. The van der Waals surface area contributed by atoms with Crippen molar-refractivity contribution in [2.75, 3.05) is 19.7 Å². The first kappa shape index (κ1) is 41.5. The van der Waals surface area contributed by atoms with Crippen LogP contribution in [0.1, 0.15) is 94.4 Å². The van der Waals surface area contributed by atoms with Crippen LogP contribution in [0, 0.1) is 16.7 Å². The van der Waals surface area contributed by atoms with Crippen LogP contribution in [-0.4, -0.2) is 90.2 Å². The molecule has 1 saturated heterocycles. The molecule has 4 N–H and O–H groups in total. The van der Waals surface area contributed by atoms with Gasteiger partial charge in [0.15, 0.2) is 0 Å². The van der Waals surface area contributed by atoms with Crippen molar-refractivity contribution in [3.8, 4) is 0 Å². The Morgan fingerprint density at radius 2 is 1.64 bits per heavy atom. The third kappa shape index (κ3) is 11.9. The summed E-state index contributed by atoms with van der Waals surface area (Å²) in [5.74, 6) is -2.70. The second-order valence-electron chi connectivity index (χ2n) is 14.8. The normalized spacial score (nSPS) is 19.1. The summed E-state index contributed by atoms with van der Waals surface area (Å²) >= 11 is 0. The number of hydrogen-bond donors (Lipinski definition) is 4. The molecule has 5 amide bonds. The fourth-order valence-corrected chi connectivity index (χ4v) is 5.34. The predicted molar refractivity (Wildman–Crippen MR) is 182 cm³/mol. The monoisotopic (exact) mass is 661 g/mol. The highest BCUT2D eigenvalue weighted by molar-refractivity contribution is 6.38. The van der Waals surface area contributed by atoms with Crippen molar-refractivity contribution in [2.24, 2.45) is 16.7 Å². The second kappa shape index (κ2) is 18.1. The fourth-order valence-electron chi connectivity index (χ4n) is 5.34. The van der Waals surface area contributed by atoms with Gasteiger partial charge in [0, 0.05) is 13.1 Å². The summed E-state index contributed by atoms with van der Waals surface area (Å²) in [6, 6.07) is -3.82. The number of carbonyl (C=O) groups excluding carboxylic acids is 6. The standard InChI is InChI=1S/C35H59N5O7/c1-12-15-17-25(27(42)30(44)36-18-14-3)37-29(43)26-19-24(16-13-2)20-40(26)31(45)28(33(6,7)8)38-32(46)39-35(21-41,34(9,10)11)22-47-23(4)5/h13-14,21,23-26,28H,2-3,12,15-20,22H2,1,4-11H3,(H,36,44)(H,37,43)(H2,38,39,46)/t24-,25?,26+,28-,35+/m1/s1. The van der Waals surface area contributed by atoms with Gasteiger partial charge in [0.05, 0.1) is 18.8 Å². The quantitative estimate of drug-likeness (QED) is 0.0993. The highest BCUT2D eigenvalue weighted by Crippen LogP contribution is 2.32. The molecule has 12 nitrogen and oxygen atoms in total. The van der Waals surface area contributed by atoms with Crippen molar-refractivity contribution >= 4 is 35.8 Å². The molecule has 0 aromatic carbocycles. The molecule has 1 aliphatic rings. The zero-order valence-corrected chi connectivity index (χ0v) is 30.0. The lowest BCUT2D eigenvalue weighted by molar-refractivity contribution is -0.143. The van der Waals surface area contributed by atoms with Crippen molar-refractivity contribution in [1.29, 1.82) is 0 Å². The average Bonchev–Trinajstić information content (AvgIpc) is 3.41. The Hall–Kier alpha value is -3.54. The van der Waals surface area contributed by atoms with E-state index < -0.39 is 64.0 Å². The molecular weight excluding hydrogens is 602 g/mol. The summed E-state index contributed by atoms with van der Waals surface area (Å²) < 4.78 is 5.75. The van der Waals surface area contributed by atoms with E-state index in [-0.39, 0.29) is 38.1 Å². The molecular formula is C35H59N5O7. The van der Waals surface area contributed by atoms with E-state index >= 15 is 0 Å². The maximum atomic E-state index is 14.3. The number of carbonyl (C=O) groups is 6. The summed E-state index contributed by atoms with van der Waals surface area (Å²) in [4.78, 5) is 81.0. The molecule has 1 rings (SSSR count). The number of unbranched alkanes of at least 4 members (excludes halogenated alkanes) is 1. The predicted octanol–water partition coefficient (Wildman–Crippen LogP) is 3.45. The number of nitrogens with zero attached hydrogens (tertiary/aromatic N) is 1. The SMILES string of the molecule is C=CCNC(=O)C(=O)C(CCCC)NC(=O)[C@@H]1C[C@@H](CC=C)CN1C(=O)[C@@H](NC(=O)N[C@@](C=O)(COC(C)C)C(C)(C)C)C(C)(C)C. The summed E-state index contributed by atoms with van der Waals surface area (Å²) in [6.07, 6.45) is 6.12. The molecule has 0 radical (unpaired) electrons. The maximum absolute atomic E-state index is 14.3. The Balaban J connectivity index is 3.39. The molecule has 1 unspecified atom stereocenters. The Morgan fingerprint density at radius 3 is 2.13 bits per heavy atom. The zero-order valence-electron chi connectivity index (χ0n) is 30.0. The number of rotatable bonds is 18. The summed E-state index contributed by atoms with van der Waals surface area (Å²) in [7, 11) is 0. The molecule has 5 atom stereocenters. The third-order valence-electron chi connectivity index (χ3n) is 8.49. The molecule has 1 fully saturated rings. The van der Waals surface area contributed by atoms with Crippen LogP contribution in [-0.2, 0) is 28.7 Å². The Morgan fingerprint density at radius 1 is 1.00 bits per heavy atom. The summed E-state index contributed by atoms with van der Waals surface area (Å²) in [6.45, 7) is 24.0. The molecule has 1 aliphatic heterocycles. The number of Topliss-reactive ketones (excluding diaryl/α,β-unsaturated/α-hetero) is 1. The van der Waals surface area contributed by atoms with Gasteiger partial charge in [-0.15, -0.1) is 13.2 Å². The molecule has 266 valence electrons. The molecule has 0 aliphatic carbocycles. The molecule has 0 spiro atoms.